The van der Waals surface area contributed by atoms with Gasteiger partial charge in [0.05, 0.1) is 5.56 Å². The summed E-state index contributed by atoms with van der Waals surface area (Å²) in [5, 5.41) is 9.60. The summed E-state index contributed by atoms with van der Waals surface area (Å²) in [6.45, 7) is 1.40. The third-order valence-corrected chi connectivity index (χ3v) is 3.42. The van der Waals surface area contributed by atoms with Crippen LogP contribution in [-0.4, -0.2) is 5.11 Å². The van der Waals surface area contributed by atoms with E-state index in [4.69, 9.17) is 4.42 Å². The van der Waals surface area contributed by atoms with Gasteiger partial charge >= 0.3 is 0 Å². The van der Waals surface area contributed by atoms with Crippen molar-refractivity contribution in [2.24, 2.45) is 0 Å². The van der Waals surface area contributed by atoms with Gasteiger partial charge in [0.15, 0.2) is 0 Å². The maximum atomic E-state index is 14.0. The highest BCUT2D eigenvalue weighted by atomic mass is 19.1. The summed E-state index contributed by atoms with van der Waals surface area (Å²) < 4.78 is 33.5. The monoisotopic (exact) mass is 302 g/mol. The number of aliphatic hydroxyl groups excluding tert-OH is 1. The molecule has 0 saturated carbocycles. The molecule has 1 N–H and O–H groups in total. The van der Waals surface area contributed by atoms with Crippen LogP contribution in [0.25, 0.3) is 22.1 Å². The first-order valence-corrected chi connectivity index (χ1v) is 6.69. The number of fused-ring (bicyclic) bond motifs is 1. The molecular formula is C17H12F2O3. The maximum absolute atomic E-state index is 14.0. The Kier molecular flexibility index (Phi) is 3.50. The first-order chi connectivity index (χ1) is 10.5. The van der Waals surface area contributed by atoms with E-state index >= 15 is 0 Å². The molecule has 1 atom stereocenters. The van der Waals surface area contributed by atoms with Gasteiger partial charge in [0.1, 0.15) is 34.5 Å². The van der Waals surface area contributed by atoms with Crippen LogP contribution in [-0.2, 0) is 0 Å². The Bertz CT molecular complexity index is 913. The topological polar surface area (TPSA) is 50.4 Å². The lowest BCUT2D eigenvalue weighted by atomic mass is 9.99. The van der Waals surface area contributed by atoms with Crippen molar-refractivity contribution in [1.29, 1.82) is 0 Å². The highest BCUT2D eigenvalue weighted by Gasteiger charge is 2.23. The predicted molar refractivity (Wildman–Crippen MR) is 78.5 cm³/mol. The molecule has 0 aliphatic heterocycles. The van der Waals surface area contributed by atoms with Gasteiger partial charge in [-0.2, -0.15) is 0 Å². The molecule has 1 heterocycles. The van der Waals surface area contributed by atoms with E-state index in [-0.39, 0.29) is 27.9 Å². The van der Waals surface area contributed by atoms with Crippen molar-refractivity contribution in [3.63, 3.8) is 0 Å². The van der Waals surface area contributed by atoms with Crippen LogP contribution in [0.15, 0.2) is 51.7 Å². The molecule has 112 valence electrons. The van der Waals surface area contributed by atoms with Crippen molar-refractivity contribution >= 4 is 11.0 Å². The quantitative estimate of drug-likeness (QED) is 0.783. The van der Waals surface area contributed by atoms with E-state index in [0.717, 1.165) is 6.07 Å². The van der Waals surface area contributed by atoms with Crippen LogP contribution in [0.4, 0.5) is 8.78 Å². The second-order valence-corrected chi connectivity index (χ2v) is 4.94. The van der Waals surface area contributed by atoms with Crippen molar-refractivity contribution in [2.45, 2.75) is 13.0 Å². The van der Waals surface area contributed by atoms with Crippen molar-refractivity contribution in [3.8, 4) is 11.1 Å². The molecule has 0 saturated heterocycles. The van der Waals surface area contributed by atoms with Gasteiger partial charge in [-0.05, 0) is 25.1 Å². The Morgan fingerprint density at radius 1 is 1.05 bits per heavy atom. The molecule has 2 aromatic carbocycles. The minimum atomic E-state index is -1.14. The minimum Gasteiger partial charge on any atom is -0.457 e. The number of hydrogen-bond acceptors (Lipinski definition) is 3. The summed E-state index contributed by atoms with van der Waals surface area (Å²) in [6.07, 6.45) is -1.14. The zero-order valence-corrected chi connectivity index (χ0v) is 11.6. The molecule has 3 aromatic rings. The van der Waals surface area contributed by atoms with Crippen LogP contribution in [0, 0.1) is 11.6 Å². The molecule has 0 aliphatic rings. The van der Waals surface area contributed by atoms with Crippen molar-refractivity contribution in [2.75, 3.05) is 0 Å². The van der Waals surface area contributed by atoms with Crippen LogP contribution in [0.5, 0.6) is 0 Å². The molecule has 0 fully saturated rings. The Morgan fingerprint density at radius 3 is 2.41 bits per heavy atom. The van der Waals surface area contributed by atoms with E-state index in [9.17, 15) is 18.7 Å². The normalized spacial score (nSPS) is 12.5. The van der Waals surface area contributed by atoms with Gasteiger partial charge in [0.25, 0.3) is 0 Å². The van der Waals surface area contributed by atoms with Crippen LogP contribution < -0.4 is 5.43 Å². The lowest BCUT2D eigenvalue weighted by Crippen LogP contribution is -2.13. The molecule has 0 amide bonds. The molecule has 0 aliphatic carbocycles. The molecule has 0 spiro atoms. The molecule has 22 heavy (non-hydrogen) atoms. The molecule has 3 nitrogen and oxygen atoms in total. The highest BCUT2D eigenvalue weighted by Crippen LogP contribution is 2.30. The molecular weight excluding hydrogens is 290 g/mol. The minimum absolute atomic E-state index is 0.0148. The Labute approximate surface area is 124 Å². The summed E-state index contributed by atoms with van der Waals surface area (Å²) in [5.74, 6) is -1.48. The number of benzene rings is 2. The van der Waals surface area contributed by atoms with E-state index in [1.807, 2.05) is 0 Å². The first-order valence-electron chi connectivity index (χ1n) is 6.69. The van der Waals surface area contributed by atoms with Gasteiger partial charge in [-0.1, -0.05) is 24.3 Å². The van der Waals surface area contributed by atoms with Crippen molar-refractivity contribution in [1.82, 2.24) is 0 Å². The highest BCUT2D eigenvalue weighted by molar-refractivity contribution is 5.83. The van der Waals surface area contributed by atoms with Crippen molar-refractivity contribution < 1.29 is 18.3 Å². The van der Waals surface area contributed by atoms with E-state index in [1.165, 1.54) is 37.3 Å². The lowest BCUT2D eigenvalue weighted by Gasteiger charge is -2.13. The van der Waals surface area contributed by atoms with Crippen LogP contribution in [0.2, 0.25) is 0 Å². The molecule has 1 unspecified atom stereocenters. The average molecular weight is 302 g/mol. The predicted octanol–water partition coefficient (Wildman–Crippen LogP) is 3.79. The Morgan fingerprint density at radius 2 is 1.73 bits per heavy atom. The standard InChI is InChI=1S/C17H12F2O3/c1-9(20)17-14(10-5-2-3-6-11(10)18)16(21)15-12(19)7-4-8-13(15)22-17/h2-9,20H,1H3. The summed E-state index contributed by atoms with van der Waals surface area (Å²) >= 11 is 0. The second kappa shape index (κ2) is 5.35. The second-order valence-electron chi connectivity index (χ2n) is 4.94. The van der Waals surface area contributed by atoms with Crippen LogP contribution >= 0.6 is 0 Å². The third-order valence-electron chi connectivity index (χ3n) is 3.42. The van der Waals surface area contributed by atoms with Gasteiger partial charge < -0.3 is 9.52 Å². The summed E-state index contributed by atoms with van der Waals surface area (Å²) in [7, 11) is 0. The Balaban J connectivity index is 2.50. The maximum Gasteiger partial charge on any atom is 0.203 e. The van der Waals surface area contributed by atoms with Gasteiger partial charge in [-0.25, -0.2) is 8.78 Å². The van der Waals surface area contributed by atoms with Crippen molar-refractivity contribution in [3.05, 3.63) is 70.1 Å². The number of halogens is 2. The smallest absolute Gasteiger partial charge is 0.203 e. The van der Waals surface area contributed by atoms with Gasteiger partial charge in [0, 0.05) is 5.56 Å². The van der Waals surface area contributed by atoms with E-state index in [0.29, 0.717) is 0 Å². The SMILES string of the molecule is CC(O)c1oc2cccc(F)c2c(=O)c1-c1ccccc1F. The number of hydrogen-bond donors (Lipinski definition) is 1. The first kappa shape index (κ1) is 14.4. The van der Waals surface area contributed by atoms with Gasteiger partial charge in [-0.15, -0.1) is 0 Å². The zero-order chi connectivity index (χ0) is 15.9. The fourth-order valence-corrected chi connectivity index (χ4v) is 2.43. The fourth-order valence-electron chi connectivity index (χ4n) is 2.43. The zero-order valence-electron chi connectivity index (χ0n) is 11.6. The van der Waals surface area contributed by atoms with Crippen LogP contribution in [0.3, 0.4) is 0 Å². The largest absolute Gasteiger partial charge is 0.457 e. The summed E-state index contributed by atoms with van der Waals surface area (Å²) in [6, 6.07) is 9.56. The summed E-state index contributed by atoms with van der Waals surface area (Å²) in [4.78, 5) is 12.6. The molecule has 0 bridgehead atoms. The molecule has 5 heteroatoms. The van der Waals surface area contributed by atoms with Crippen LogP contribution in [0.1, 0.15) is 18.8 Å². The van der Waals surface area contributed by atoms with E-state index in [2.05, 4.69) is 0 Å². The molecule has 1 aromatic heterocycles. The van der Waals surface area contributed by atoms with Gasteiger partial charge in [-0.3, -0.25) is 4.79 Å². The number of rotatable bonds is 2. The number of aliphatic hydroxyl groups is 1. The van der Waals surface area contributed by atoms with Gasteiger partial charge in [0.2, 0.25) is 5.43 Å². The fraction of sp³-hybridized carbons (Fsp3) is 0.118. The van der Waals surface area contributed by atoms with E-state index < -0.39 is 23.2 Å². The molecule has 3 rings (SSSR count). The molecule has 0 radical (unpaired) electrons. The third kappa shape index (κ3) is 2.19. The lowest BCUT2D eigenvalue weighted by molar-refractivity contribution is 0.171. The van der Waals surface area contributed by atoms with E-state index in [1.54, 1.807) is 6.07 Å². The summed E-state index contributed by atoms with van der Waals surface area (Å²) in [5.41, 5.74) is -0.885. The Hall–Kier alpha value is -2.53. The average Bonchev–Trinajstić information content (AvgIpc) is 2.48.